The second-order valence-corrected chi connectivity index (χ2v) is 2.52. The maximum Gasteiger partial charge on any atom is 0.248 e. The van der Waals surface area contributed by atoms with Gasteiger partial charge in [0.15, 0.2) is 5.82 Å². The van der Waals surface area contributed by atoms with E-state index in [0.29, 0.717) is 18.5 Å². The van der Waals surface area contributed by atoms with Crippen LogP contribution in [0.3, 0.4) is 0 Å². The highest BCUT2D eigenvalue weighted by molar-refractivity contribution is 5.47. The Bertz CT molecular complexity index is 310. The largest absolute Gasteiger partial charge is 0.330 e. The van der Waals surface area contributed by atoms with E-state index in [9.17, 15) is 8.78 Å². The van der Waals surface area contributed by atoms with Gasteiger partial charge in [-0.25, -0.2) is 9.37 Å². The van der Waals surface area contributed by atoms with Gasteiger partial charge in [0.25, 0.3) is 0 Å². The van der Waals surface area contributed by atoms with Crippen molar-refractivity contribution in [3.63, 3.8) is 0 Å². The van der Waals surface area contributed by atoms with E-state index in [-0.39, 0.29) is 0 Å². The van der Waals surface area contributed by atoms with Crippen LogP contribution in [-0.4, -0.2) is 11.5 Å². The average Bonchev–Trinajstić information content (AvgIpc) is 2.12. The second-order valence-electron chi connectivity index (χ2n) is 2.52. The van der Waals surface area contributed by atoms with Crippen LogP contribution in [0.2, 0.25) is 0 Å². The molecule has 0 saturated heterocycles. The highest BCUT2D eigenvalue weighted by atomic mass is 19.2. The minimum atomic E-state index is -1.07. The lowest BCUT2D eigenvalue weighted by Crippen LogP contribution is -1.95. The maximum absolute atomic E-state index is 12.6. The van der Waals surface area contributed by atoms with Gasteiger partial charge in [0.05, 0.1) is 0 Å². The van der Waals surface area contributed by atoms with Crippen LogP contribution in [0.5, 0.6) is 0 Å². The molecule has 4 heteroatoms. The predicted molar refractivity (Wildman–Crippen MR) is 46.9 cm³/mol. The van der Waals surface area contributed by atoms with E-state index < -0.39 is 11.8 Å². The van der Waals surface area contributed by atoms with Crippen LogP contribution in [0.15, 0.2) is 18.3 Å². The summed E-state index contributed by atoms with van der Waals surface area (Å²) in [6.07, 6.45) is 5.42. The maximum atomic E-state index is 12.6. The Kier molecular flexibility index (Phi) is 3.52. The standard InChI is InChI=1S/C9H10F2N2/c10-8-5-7(3-1-2-4-12)6-13-9(8)11/h1,3,5-6H,2,4,12H2. The minimum absolute atomic E-state index is 0.535. The van der Waals surface area contributed by atoms with E-state index in [0.717, 1.165) is 6.07 Å². The van der Waals surface area contributed by atoms with Gasteiger partial charge in [0.2, 0.25) is 5.95 Å². The number of rotatable bonds is 3. The molecule has 0 amide bonds. The van der Waals surface area contributed by atoms with Gasteiger partial charge in [-0.15, -0.1) is 0 Å². The van der Waals surface area contributed by atoms with E-state index >= 15 is 0 Å². The topological polar surface area (TPSA) is 38.9 Å². The quantitative estimate of drug-likeness (QED) is 0.726. The molecule has 1 aromatic rings. The molecule has 0 radical (unpaired) electrons. The normalized spacial score (nSPS) is 11.0. The molecule has 0 aliphatic carbocycles. The molecule has 1 rings (SSSR count). The van der Waals surface area contributed by atoms with Crippen molar-refractivity contribution in [2.24, 2.45) is 5.73 Å². The van der Waals surface area contributed by atoms with Crippen molar-refractivity contribution in [1.82, 2.24) is 4.98 Å². The molecule has 1 aromatic heterocycles. The number of halogens is 2. The molecule has 0 atom stereocenters. The second kappa shape index (κ2) is 4.67. The molecule has 0 unspecified atom stereocenters. The Hall–Kier alpha value is -1.29. The summed E-state index contributed by atoms with van der Waals surface area (Å²) in [7, 11) is 0. The first-order valence-corrected chi connectivity index (χ1v) is 3.91. The van der Waals surface area contributed by atoms with Crippen LogP contribution >= 0.6 is 0 Å². The van der Waals surface area contributed by atoms with E-state index in [4.69, 9.17) is 5.73 Å². The number of nitrogens with zero attached hydrogens (tertiary/aromatic N) is 1. The highest BCUT2D eigenvalue weighted by Crippen LogP contribution is 2.06. The van der Waals surface area contributed by atoms with Gasteiger partial charge in [0.1, 0.15) is 0 Å². The van der Waals surface area contributed by atoms with E-state index in [2.05, 4.69) is 4.98 Å². The fourth-order valence-electron chi connectivity index (χ4n) is 0.843. The van der Waals surface area contributed by atoms with Crippen LogP contribution in [0.1, 0.15) is 12.0 Å². The van der Waals surface area contributed by atoms with Crippen molar-refractivity contribution in [3.05, 3.63) is 35.7 Å². The van der Waals surface area contributed by atoms with Crippen LogP contribution < -0.4 is 5.73 Å². The summed E-state index contributed by atoms with van der Waals surface area (Å²) >= 11 is 0. The van der Waals surface area contributed by atoms with Gasteiger partial charge in [0, 0.05) is 6.20 Å². The molecule has 70 valence electrons. The summed E-state index contributed by atoms with van der Waals surface area (Å²) in [6.45, 7) is 0.535. The van der Waals surface area contributed by atoms with Crippen molar-refractivity contribution in [3.8, 4) is 0 Å². The molecule has 1 heterocycles. The fourth-order valence-corrected chi connectivity index (χ4v) is 0.843. The summed E-state index contributed by atoms with van der Waals surface area (Å²) < 4.78 is 24.9. The Morgan fingerprint density at radius 2 is 2.23 bits per heavy atom. The van der Waals surface area contributed by atoms with Crippen LogP contribution in [0, 0.1) is 11.8 Å². The van der Waals surface area contributed by atoms with E-state index in [1.807, 2.05) is 0 Å². The molecule has 0 bridgehead atoms. The number of hydrogen-bond acceptors (Lipinski definition) is 2. The minimum Gasteiger partial charge on any atom is -0.330 e. The molecule has 13 heavy (non-hydrogen) atoms. The lowest BCUT2D eigenvalue weighted by atomic mass is 10.2. The van der Waals surface area contributed by atoms with Crippen LogP contribution in [-0.2, 0) is 0 Å². The lowest BCUT2D eigenvalue weighted by Gasteiger charge is -1.94. The third-order valence-corrected chi connectivity index (χ3v) is 1.46. The Morgan fingerprint density at radius 3 is 2.85 bits per heavy atom. The monoisotopic (exact) mass is 184 g/mol. The number of pyridine rings is 1. The van der Waals surface area contributed by atoms with Crippen molar-refractivity contribution >= 4 is 6.08 Å². The van der Waals surface area contributed by atoms with Gasteiger partial charge in [-0.05, 0) is 24.6 Å². The summed E-state index contributed by atoms with van der Waals surface area (Å²) in [6, 6.07) is 1.09. The van der Waals surface area contributed by atoms with Gasteiger partial charge in [-0.3, -0.25) is 0 Å². The molecule has 0 aliphatic heterocycles. The summed E-state index contributed by atoms with van der Waals surface area (Å²) in [5, 5.41) is 0. The molecule has 0 fully saturated rings. The SMILES string of the molecule is NCCC=Cc1cnc(F)c(F)c1. The Balaban J connectivity index is 2.73. The van der Waals surface area contributed by atoms with Gasteiger partial charge < -0.3 is 5.73 Å². The van der Waals surface area contributed by atoms with Crippen molar-refractivity contribution < 1.29 is 8.78 Å². The van der Waals surface area contributed by atoms with E-state index in [1.165, 1.54) is 6.20 Å². The van der Waals surface area contributed by atoms with Crippen molar-refractivity contribution in [2.75, 3.05) is 6.54 Å². The first-order valence-electron chi connectivity index (χ1n) is 3.91. The predicted octanol–water partition coefficient (Wildman–Crippen LogP) is 1.72. The van der Waals surface area contributed by atoms with Crippen LogP contribution in [0.25, 0.3) is 6.08 Å². The van der Waals surface area contributed by atoms with Crippen molar-refractivity contribution in [1.29, 1.82) is 0 Å². The molecule has 0 saturated carbocycles. The number of aromatic nitrogens is 1. The molecular formula is C9H10F2N2. The molecule has 2 N–H and O–H groups in total. The molecular weight excluding hydrogens is 174 g/mol. The number of nitrogens with two attached hydrogens (primary N) is 1. The molecule has 0 spiro atoms. The van der Waals surface area contributed by atoms with Gasteiger partial charge in [-0.1, -0.05) is 12.2 Å². The summed E-state index contributed by atoms with van der Waals surface area (Å²) in [5.74, 6) is -2.01. The zero-order chi connectivity index (χ0) is 9.68. The third kappa shape index (κ3) is 2.91. The molecule has 0 aliphatic rings. The smallest absolute Gasteiger partial charge is 0.248 e. The average molecular weight is 184 g/mol. The zero-order valence-electron chi connectivity index (χ0n) is 7.00. The molecule has 0 aromatic carbocycles. The Labute approximate surface area is 75.1 Å². The summed E-state index contributed by atoms with van der Waals surface area (Å²) in [4.78, 5) is 3.23. The fraction of sp³-hybridized carbons (Fsp3) is 0.222. The third-order valence-electron chi connectivity index (χ3n) is 1.46. The van der Waals surface area contributed by atoms with Gasteiger partial charge in [-0.2, -0.15) is 4.39 Å². The summed E-state index contributed by atoms with van der Waals surface area (Å²) in [5.41, 5.74) is 5.78. The highest BCUT2D eigenvalue weighted by Gasteiger charge is 2.00. The van der Waals surface area contributed by atoms with Crippen molar-refractivity contribution in [2.45, 2.75) is 6.42 Å². The first-order chi connectivity index (χ1) is 6.24. The van der Waals surface area contributed by atoms with Gasteiger partial charge >= 0.3 is 0 Å². The van der Waals surface area contributed by atoms with E-state index in [1.54, 1.807) is 12.2 Å². The molecule has 2 nitrogen and oxygen atoms in total. The zero-order valence-corrected chi connectivity index (χ0v) is 7.00. The lowest BCUT2D eigenvalue weighted by molar-refractivity contribution is 0.479. The first kappa shape index (κ1) is 9.80. The Morgan fingerprint density at radius 1 is 1.46 bits per heavy atom. The number of hydrogen-bond donors (Lipinski definition) is 1. The van der Waals surface area contributed by atoms with Crippen LogP contribution in [0.4, 0.5) is 8.78 Å².